The van der Waals surface area contributed by atoms with Gasteiger partial charge in [0, 0.05) is 11.5 Å². The van der Waals surface area contributed by atoms with Gasteiger partial charge in [0.15, 0.2) is 0 Å². The molecule has 2 rings (SSSR count). The van der Waals surface area contributed by atoms with E-state index in [1.807, 2.05) is 0 Å². The molecule has 1 aromatic heterocycles. The van der Waals surface area contributed by atoms with Crippen molar-refractivity contribution in [1.29, 1.82) is 0 Å². The number of alkyl halides is 1. The van der Waals surface area contributed by atoms with Crippen LogP contribution in [0.1, 0.15) is 11.3 Å². The lowest BCUT2D eigenvalue weighted by Gasteiger charge is -2.06. The number of hydrogen-bond donors (Lipinski definition) is 1. The van der Waals surface area contributed by atoms with Crippen molar-refractivity contribution in [2.45, 2.75) is 16.8 Å². The Balaban J connectivity index is 2.09. The lowest BCUT2D eigenvalue weighted by atomic mass is 10.2. The van der Waals surface area contributed by atoms with Gasteiger partial charge in [0.25, 0.3) is 0 Å². The molecule has 0 aliphatic heterocycles. The molecule has 5 nitrogen and oxygen atoms in total. The van der Waals surface area contributed by atoms with Crippen LogP contribution in [0.15, 0.2) is 47.8 Å². The third kappa shape index (κ3) is 3.82. The Labute approximate surface area is 120 Å². The molecule has 1 N–H and O–H groups in total. The van der Waals surface area contributed by atoms with Crippen LogP contribution in [0.25, 0.3) is 0 Å². The first-order valence-corrected chi connectivity index (χ1v) is 8.12. The van der Waals surface area contributed by atoms with Gasteiger partial charge in [0.1, 0.15) is 6.33 Å². The van der Waals surface area contributed by atoms with E-state index in [4.69, 9.17) is 0 Å². The average molecular weight is 342 g/mol. The van der Waals surface area contributed by atoms with Crippen molar-refractivity contribution in [3.63, 3.8) is 0 Å². The van der Waals surface area contributed by atoms with Crippen LogP contribution in [0.5, 0.6) is 0 Å². The maximum absolute atomic E-state index is 12.0. The Bertz CT molecular complexity index is 630. The van der Waals surface area contributed by atoms with Crippen LogP contribution in [0.2, 0.25) is 0 Å². The highest BCUT2D eigenvalue weighted by Crippen LogP contribution is 2.12. The van der Waals surface area contributed by atoms with E-state index in [1.54, 1.807) is 36.5 Å². The lowest BCUT2D eigenvalue weighted by Crippen LogP contribution is -2.23. The summed E-state index contributed by atoms with van der Waals surface area (Å²) in [6.45, 7) is 0.144. The number of aromatic nitrogens is 2. The van der Waals surface area contributed by atoms with Crippen LogP contribution in [0.3, 0.4) is 0 Å². The Morgan fingerprint density at radius 3 is 2.47 bits per heavy atom. The zero-order valence-electron chi connectivity index (χ0n) is 9.95. The molecule has 0 unspecified atom stereocenters. The summed E-state index contributed by atoms with van der Waals surface area (Å²) >= 11 is 3.31. The monoisotopic (exact) mass is 341 g/mol. The van der Waals surface area contributed by atoms with E-state index in [-0.39, 0.29) is 11.4 Å². The minimum atomic E-state index is -3.51. The van der Waals surface area contributed by atoms with Gasteiger partial charge in [-0.25, -0.2) is 23.1 Å². The number of nitrogens with one attached hydrogen (secondary N) is 1. The molecule has 0 aliphatic rings. The summed E-state index contributed by atoms with van der Waals surface area (Å²) in [6, 6.07) is 8.37. The minimum absolute atomic E-state index is 0.144. The van der Waals surface area contributed by atoms with Gasteiger partial charge in [-0.15, -0.1) is 0 Å². The first-order chi connectivity index (χ1) is 9.12. The third-order valence-electron chi connectivity index (χ3n) is 2.47. The first-order valence-electron chi connectivity index (χ1n) is 5.51. The lowest BCUT2D eigenvalue weighted by molar-refractivity contribution is 0.580. The maximum atomic E-state index is 12.0. The van der Waals surface area contributed by atoms with Crippen LogP contribution < -0.4 is 4.72 Å². The SMILES string of the molecule is O=S(=O)(NCc1ccncn1)c1ccc(CBr)cc1. The number of halogens is 1. The van der Waals surface area contributed by atoms with E-state index in [9.17, 15) is 8.42 Å². The summed E-state index contributed by atoms with van der Waals surface area (Å²) in [6.07, 6.45) is 2.95. The first kappa shape index (κ1) is 14.1. The molecule has 0 spiro atoms. The zero-order valence-corrected chi connectivity index (χ0v) is 12.4. The van der Waals surface area contributed by atoms with E-state index in [0.29, 0.717) is 11.0 Å². The van der Waals surface area contributed by atoms with E-state index in [1.165, 1.54) is 6.33 Å². The van der Waals surface area contributed by atoms with Crippen molar-refractivity contribution in [1.82, 2.24) is 14.7 Å². The number of hydrogen-bond acceptors (Lipinski definition) is 4. The highest BCUT2D eigenvalue weighted by molar-refractivity contribution is 9.08. The van der Waals surface area contributed by atoms with Gasteiger partial charge in [0.05, 0.1) is 17.1 Å². The predicted octanol–water partition coefficient (Wildman–Crippen LogP) is 1.85. The van der Waals surface area contributed by atoms with Crippen molar-refractivity contribution in [3.05, 3.63) is 54.1 Å². The Morgan fingerprint density at radius 1 is 1.16 bits per heavy atom. The van der Waals surface area contributed by atoms with Gasteiger partial charge in [-0.05, 0) is 23.8 Å². The molecule has 0 amide bonds. The van der Waals surface area contributed by atoms with Gasteiger partial charge in [0.2, 0.25) is 10.0 Å². The number of sulfonamides is 1. The van der Waals surface area contributed by atoms with Crippen molar-refractivity contribution in [2.24, 2.45) is 0 Å². The molecular weight excluding hydrogens is 330 g/mol. The smallest absolute Gasteiger partial charge is 0.240 e. The van der Waals surface area contributed by atoms with Gasteiger partial charge >= 0.3 is 0 Å². The molecule has 0 atom stereocenters. The average Bonchev–Trinajstić information content (AvgIpc) is 2.46. The van der Waals surface area contributed by atoms with E-state index in [2.05, 4.69) is 30.6 Å². The van der Waals surface area contributed by atoms with Crippen LogP contribution in [0.4, 0.5) is 0 Å². The van der Waals surface area contributed by atoms with Gasteiger partial charge in [-0.2, -0.15) is 0 Å². The van der Waals surface area contributed by atoms with Crippen LogP contribution in [-0.4, -0.2) is 18.4 Å². The number of benzene rings is 1. The summed E-state index contributed by atoms with van der Waals surface area (Å²) in [5.41, 5.74) is 1.64. The summed E-state index contributed by atoms with van der Waals surface area (Å²) < 4.78 is 26.6. The van der Waals surface area contributed by atoms with E-state index >= 15 is 0 Å². The number of rotatable bonds is 5. The molecule has 1 aromatic carbocycles. The molecule has 0 radical (unpaired) electrons. The molecule has 0 saturated heterocycles. The van der Waals surface area contributed by atoms with Crippen molar-refractivity contribution in [2.75, 3.05) is 0 Å². The third-order valence-corrected chi connectivity index (χ3v) is 4.54. The van der Waals surface area contributed by atoms with Crippen molar-refractivity contribution >= 4 is 26.0 Å². The fourth-order valence-corrected chi connectivity index (χ4v) is 2.81. The molecule has 0 saturated carbocycles. The van der Waals surface area contributed by atoms with Gasteiger partial charge < -0.3 is 0 Å². The highest BCUT2D eigenvalue weighted by atomic mass is 79.9. The molecule has 0 aliphatic carbocycles. The van der Waals surface area contributed by atoms with Crippen LogP contribution in [-0.2, 0) is 21.9 Å². The Kier molecular flexibility index (Phi) is 4.62. The second-order valence-electron chi connectivity index (χ2n) is 3.80. The fourth-order valence-electron chi connectivity index (χ4n) is 1.43. The quantitative estimate of drug-likeness (QED) is 0.842. The molecule has 19 heavy (non-hydrogen) atoms. The van der Waals surface area contributed by atoms with Crippen LogP contribution >= 0.6 is 15.9 Å². The highest BCUT2D eigenvalue weighted by Gasteiger charge is 2.13. The van der Waals surface area contributed by atoms with Crippen molar-refractivity contribution < 1.29 is 8.42 Å². The topological polar surface area (TPSA) is 72.0 Å². The normalized spacial score (nSPS) is 11.4. The molecule has 100 valence electrons. The maximum Gasteiger partial charge on any atom is 0.240 e. The Hall–Kier alpha value is -1.31. The summed E-state index contributed by atoms with van der Waals surface area (Å²) in [7, 11) is -3.51. The second-order valence-corrected chi connectivity index (χ2v) is 6.13. The predicted molar refractivity (Wildman–Crippen MR) is 75.1 cm³/mol. The van der Waals surface area contributed by atoms with Crippen molar-refractivity contribution in [3.8, 4) is 0 Å². The summed E-state index contributed by atoms with van der Waals surface area (Å²) in [5, 5.41) is 0.696. The molecule has 7 heteroatoms. The van der Waals surface area contributed by atoms with Gasteiger partial charge in [-0.1, -0.05) is 28.1 Å². The molecular formula is C12H12BrN3O2S. The van der Waals surface area contributed by atoms with Gasteiger partial charge in [-0.3, -0.25) is 0 Å². The fraction of sp³-hybridized carbons (Fsp3) is 0.167. The standard InChI is InChI=1S/C12H12BrN3O2S/c13-7-10-1-3-12(4-2-10)19(17,18)16-8-11-5-6-14-9-15-11/h1-6,9,16H,7-8H2. The van der Waals surface area contributed by atoms with E-state index < -0.39 is 10.0 Å². The molecule has 0 bridgehead atoms. The largest absolute Gasteiger partial charge is 0.245 e. The summed E-state index contributed by atoms with van der Waals surface area (Å²) in [5.74, 6) is 0. The molecule has 0 fully saturated rings. The minimum Gasteiger partial charge on any atom is -0.245 e. The zero-order chi connectivity index (χ0) is 13.7. The number of nitrogens with zero attached hydrogens (tertiary/aromatic N) is 2. The Morgan fingerprint density at radius 2 is 1.89 bits per heavy atom. The molecule has 2 aromatic rings. The van der Waals surface area contributed by atoms with Crippen LogP contribution in [0, 0.1) is 0 Å². The molecule has 1 heterocycles. The second kappa shape index (κ2) is 6.23. The van der Waals surface area contributed by atoms with E-state index in [0.717, 1.165) is 5.56 Å². The summed E-state index contributed by atoms with van der Waals surface area (Å²) in [4.78, 5) is 7.97.